The lowest BCUT2D eigenvalue weighted by Crippen LogP contribution is -2.36. The summed E-state index contributed by atoms with van der Waals surface area (Å²) >= 11 is 0. The topological polar surface area (TPSA) is 60.7 Å². The SMILES string of the molecule is CC1=C(C=C=C2CCC[C@]3(C)[C@@H]([C@H](C)CCCC(C)(C)O)CC[C@@H]23)C[C@@H](O)C[C@@H]1O. The lowest BCUT2D eigenvalue weighted by Gasteiger charge is -2.44. The van der Waals surface area contributed by atoms with Gasteiger partial charge in [0.15, 0.2) is 0 Å². The van der Waals surface area contributed by atoms with Crippen LogP contribution >= 0.6 is 0 Å². The number of aliphatic hydroxyl groups is 3. The number of allylic oxidation sites excluding steroid dienone is 1. The number of aliphatic hydroxyl groups excluding tert-OH is 2. The highest BCUT2D eigenvalue weighted by Gasteiger charge is 2.50. The molecule has 0 heterocycles. The van der Waals surface area contributed by atoms with Crippen LogP contribution in [0.1, 0.15) is 98.8 Å². The summed E-state index contributed by atoms with van der Waals surface area (Å²) in [7, 11) is 0. The van der Waals surface area contributed by atoms with E-state index >= 15 is 0 Å². The fourth-order valence-electron chi connectivity index (χ4n) is 6.69. The minimum absolute atomic E-state index is 0.359. The molecule has 2 fully saturated rings. The number of hydrogen-bond acceptors (Lipinski definition) is 3. The average molecular weight is 417 g/mol. The van der Waals surface area contributed by atoms with Crippen LogP contribution in [0.2, 0.25) is 0 Å². The van der Waals surface area contributed by atoms with Crippen molar-refractivity contribution in [1.29, 1.82) is 0 Å². The molecule has 0 aliphatic heterocycles. The molecule has 0 unspecified atom stereocenters. The predicted octanol–water partition coefficient (Wildman–Crippen LogP) is 5.69. The first-order valence-electron chi connectivity index (χ1n) is 12.2. The molecule has 30 heavy (non-hydrogen) atoms. The van der Waals surface area contributed by atoms with Crippen LogP contribution in [-0.4, -0.2) is 33.1 Å². The van der Waals surface area contributed by atoms with Crippen molar-refractivity contribution < 1.29 is 15.3 Å². The van der Waals surface area contributed by atoms with Gasteiger partial charge in [-0.2, -0.15) is 0 Å². The molecule has 0 amide bonds. The summed E-state index contributed by atoms with van der Waals surface area (Å²) in [5.41, 5.74) is 6.99. The van der Waals surface area contributed by atoms with Gasteiger partial charge in [0, 0.05) is 6.42 Å². The third-order valence-corrected chi connectivity index (χ3v) is 8.52. The molecule has 3 heteroatoms. The van der Waals surface area contributed by atoms with Crippen LogP contribution < -0.4 is 0 Å². The van der Waals surface area contributed by atoms with E-state index in [4.69, 9.17) is 0 Å². The summed E-state index contributed by atoms with van der Waals surface area (Å²) in [6.07, 6.45) is 11.6. The second kappa shape index (κ2) is 9.33. The van der Waals surface area contributed by atoms with Crippen LogP contribution in [0.3, 0.4) is 0 Å². The maximum Gasteiger partial charge on any atom is 0.0778 e. The van der Waals surface area contributed by atoms with Crippen molar-refractivity contribution in [2.45, 2.75) is 117 Å². The van der Waals surface area contributed by atoms with Gasteiger partial charge in [0.25, 0.3) is 0 Å². The highest BCUT2D eigenvalue weighted by molar-refractivity contribution is 5.32. The van der Waals surface area contributed by atoms with Crippen LogP contribution in [0.25, 0.3) is 0 Å². The van der Waals surface area contributed by atoms with E-state index in [2.05, 4.69) is 25.7 Å². The van der Waals surface area contributed by atoms with Crippen molar-refractivity contribution in [2.24, 2.45) is 23.2 Å². The Balaban J connectivity index is 1.74. The molecule has 0 saturated heterocycles. The number of rotatable bonds is 6. The highest BCUT2D eigenvalue weighted by atomic mass is 16.3. The number of hydrogen-bond donors (Lipinski definition) is 3. The normalized spacial score (nSPS) is 35.8. The summed E-state index contributed by atoms with van der Waals surface area (Å²) in [5.74, 6) is 2.06. The third kappa shape index (κ3) is 5.30. The molecule has 0 spiro atoms. The smallest absolute Gasteiger partial charge is 0.0778 e. The summed E-state index contributed by atoms with van der Waals surface area (Å²) in [6, 6.07) is 0. The highest BCUT2D eigenvalue weighted by Crippen LogP contribution is 2.59. The zero-order valence-corrected chi connectivity index (χ0v) is 19.9. The van der Waals surface area contributed by atoms with E-state index in [9.17, 15) is 15.3 Å². The van der Waals surface area contributed by atoms with E-state index in [0.717, 1.165) is 36.3 Å². The quantitative estimate of drug-likeness (QED) is 0.487. The van der Waals surface area contributed by atoms with Gasteiger partial charge >= 0.3 is 0 Å². The van der Waals surface area contributed by atoms with E-state index in [1.54, 1.807) is 0 Å². The third-order valence-electron chi connectivity index (χ3n) is 8.52. The van der Waals surface area contributed by atoms with E-state index in [1.807, 2.05) is 20.8 Å². The van der Waals surface area contributed by atoms with Crippen LogP contribution in [0, 0.1) is 23.2 Å². The first-order chi connectivity index (χ1) is 14.0. The second-order valence-corrected chi connectivity index (χ2v) is 11.4. The van der Waals surface area contributed by atoms with Gasteiger partial charge in [-0.3, -0.25) is 0 Å². The lowest BCUT2D eigenvalue weighted by atomic mass is 9.61. The Bertz CT molecular complexity index is 706. The zero-order chi connectivity index (χ0) is 22.1. The molecular formula is C27H44O3. The number of fused-ring (bicyclic) bond motifs is 1. The second-order valence-electron chi connectivity index (χ2n) is 11.4. The standard InChI is InChI=1S/C27H44O3/c1-18(8-6-14-26(3,4)30)23-12-13-24-20(9-7-15-27(23,24)5)10-11-21-16-22(28)17-25(29)19(21)2/h11,18,22-25,28-30H,6-9,12-17H2,1-5H3/t10?,18-,22-,23-,24+,25+,27-/m1/s1. The summed E-state index contributed by atoms with van der Waals surface area (Å²) in [4.78, 5) is 0. The maximum atomic E-state index is 10.2. The van der Waals surface area contributed by atoms with Crippen molar-refractivity contribution in [2.75, 3.05) is 0 Å². The molecular weight excluding hydrogens is 372 g/mol. The van der Waals surface area contributed by atoms with Gasteiger partial charge in [-0.05, 0) is 112 Å². The van der Waals surface area contributed by atoms with Gasteiger partial charge in [0.05, 0.1) is 17.8 Å². The van der Waals surface area contributed by atoms with E-state index in [0.29, 0.717) is 30.1 Å². The fourth-order valence-corrected chi connectivity index (χ4v) is 6.69. The average Bonchev–Trinajstić information content (AvgIpc) is 3.00. The van der Waals surface area contributed by atoms with E-state index < -0.39 is 17.8 Å². The van der Waals surface area contributed by atoms with Gasteiger partial charge in [0.1, 0.15) is 0 Å². The zero-order valence-electron chi connectivity index (χ0n) is 19.9. The van der Waals surface area contributed by atoms with Gasteiger partial charge in [0.2, 0.25) is 0 Å². The Hall–Kier alpha value is -0.860. The Kier molecular flexibility index (Phi) is 7.40. The minimum Gasteiger partial charge on any atom is -0.393 e. The molecule has 3 N–H and O–H groups in total. The van der Waals surface area contributed by atoms with Gasteiger partial charge in [-0.25, -0.2) is 0 Å². The Labute approximate surface area is 184 Å². The van der Waals surface area contributed by atoms with Crippen LogP contribution in [-0.2, 0) is 0 Å². The van der Waals surface area contributed by atoms with Crippen molar-refractivity contribution in [3.05, 3.63) is 28.5 Å². The minimum atomic E-state index is -0.555. The van der Waals surface area contributed by atoms with Gasteiger partial charge in [-0.15, -0.1) is 5.73 Å². The largest absolute Gasteiger partial charge is 0.393 e. The lowest BCUT2D eigenvalue weighted by molar-refractivity contribution is 0.0596. The summed E-state index contributed by atoms with van der Waals surface area (Å²) < 4.78 is 0. The molecule has 6 atom stereocenters. The van der Waals surface area contributed by atoms with Gasteiger partial charge in [-0.1, -0.05) is 26.7 Å². The van der Waals surface area contributed by atoms with Gasteiger partial charge < -0.3 is 15.3 Å². The molecule has 3 aliphatic carbocycles. The molecule has 170 valence electrons. The first-order valence-corrected chi connectivity index (χ1v) is 12.2. The Morgan fingerprint density at radius 2 is 2.00 bits per heavy atom. The van der Waals surface area contributed by atoms with Crippen molar-refractivity contribution in [1.82, 2.24) is 0 Å². The van der Waals surface area contributed by atoms with Crippen LogP contribution in [0.15, 0.2) is 28.5 Å². The molecule has 2 saturated carbocycles. The first kappa shape index (κ1) is 23.8. The molecule has 0 aromatic heterocycles. The van der Waals surface area contributed by atoms with E-state index in [1.165, 1.54) is 37.7 Å². The molecule has 0 bridgehead atoms. The summed E-state index contributed by atoms with van der Waals surface area (Å²) in [5, 5.41) is 30.3. The Morgan fingerprint density at radius 3 is 2.70 bits per heavy atom. The van der Waals surface area contributed by atoms with E-state index in [-0.39, 0.29) is 0 Å². The predicted molar refractivity (Wildman–Crippen MR) is 123 cm³/mol. The molecule has 3 aliphatic rings. The Morgan fingerprint density at radius 1 is 1.27 bits per heavy atom. The van der Waals surface area contributed by atoms with Crippen LogP contribution in [0.5, 0.6) is 0 Å². The molecule has 0 aromatic rings. The maximum absolute atomic E-state index is 10.2. The fraction of sp³-hybridized carbons (Fsp3) is 0.815. The van der Waals surface area contributed by atoms with Crippen molar-refractivity contribution >= 4 is 0 Å². The monoisotopic (exact) mass is 416 g/mol. The molecule has 3 nitrogen and oxygen atoms in total. The van der Waals surface area contributed by atoms with Crippen molar-refractivity contribution in [3.8, 4) is 0 Å². The summed E-state index contributed by atoms with van der Waals surface area (Å²) in [6.45, 7) is 10.8. The molecule has 3 rings (SSSR count). The van der Waals surface area contributed by atoms with Crippen molar-refractivity contribution in [3.63, 3.8) is 0 Å². The molecule has 0 radical (unpaired) electrons. The van der Waals surface area contributed by atoms with Crippen LogP contribution in [0.4, 0.5) is 0 Å². The molecule has 0 aromatic carbocycles.